The minimum atomic E-state index is -4.48. The maximum Gasteiger partial charge on any atom is 0.356 e. The summed E-state index contributed by atoms with van der Waals surface area (Å²) in [6.07, 6.45) is 0. The molecular formula is C6H11F2NO3S. The third-order valence-corrected chi connectivity index (χ3v) is 3.71. The van der Waals surface area contributed by atoms with Gasteiger partial charge in [-0.05, 0) is 0 Å². The Morgan fingerprint density at radius 1 is 1.31 bits per heavy atom. The monoisotopic (exact) mass is 215 g/mol. The van der Waals surface area contributed by atoms with Crippen molar-refractivity contribution in [3.63, 3.8) is 0 Å². The van der Waals surface area contributed by atoms with Crippen molar-refractivity contribution in [1.29, 1.82) is 0 Å². The molecule has 0 bridgehead atoms. The summed E-state index contributed by atoms with van der Waals surface area (Å²) in [6.45, 7) is 0.750. The predicted molar refractivity (Wildman–Crippen MR) is 41.9 cm³/mol. The van der Waals surface area contributed by atoms with E-state index in [0.29, 0.717) is 6.92 Å². The molecule has 78 valence electrons. The zero-order chi connectivity index (χ0) is 10.1. The fourth-order valence-electron chi connectivity index (χ4n) is 1.01. The standard InChI is InChI=1S/C6H11F2NO3S/c1-6(7,8)13(10,11)9-2-4-12-5-3-9/h2-5H2,1H3. The number of morpholine rings is 1. The summed E-state index contributed by atoms with van der Waals surface area (Å²) in [5.74, 6) is 0. The summed E-state index contributed by atoms with van der Waals surface area (Å²) >= 11 is 0. The molecule has 4 nitrogen and oxygen atoms in total. The summed E-state index contributed by atoms with van der Waals surface area (Å²) in [5, 5.41) is -3.70. The minimum Gasteiger partial charge on any atom is -0.379 e. The van der Waals surface area contributed by atoms with E-state index < -0.39 is 15.3 Å². The van der Waals surface area contributed by atoms with Gasteiger partial charge in [-0.2, -0.15) is 13.1 Å². The molecule has 0 saturated carbocycles. The van der Waals surface area contributed by atoms with E-state index in [1.807, 2.05) is 0 Å². The molecule has 0 aromatic heterocycles. The lowest BCUT2D eigenvalue weighted by Crippen LogP contribution is -2.47. The Hall–Kier alpha value is -0.270. The summed E-state index contributed by atoms with van der Waals surface area (Å²) in [5.41, 5.74) is 0. The Morgan fingerprint density at radius 2 is 1.77 bits per heavy atom. The van der Waals surface area contributed by atoms with Crippen molar-refractivity contribution in [1.82, 2.24) is 4.31 Å². The van der Waals surface area contributed by atoms with Crippen LogP contribution in [-0.2, 0) is 14.8 Å². The van der Waals surface area contributed by atoms with Crippen LogP contribution in [0.5, 0.6) is 0 Å². The minimum absolute atomic E-state index is 0.00572. The third kappa shape index (κ3) is 2.15. The van der Waals surface area contributed by atoms with Gasteiger partial charge >= 0.3 is 5.25 Å². The Bertz CT molecular complexity index is 266. The number of hydrogen-bond acceptors (Lipinski definition) is 3. The van der Waals surface area contributed by atoms with E-state index in [9.17, 15) is 17.2 Å². The molecule has 7 heteroatoms. The van der Waals surface area contributed by atoms with Crippen molar-refractivity contribution in [3.8, 4) is 0 Å². The molecule has 0 radical (unpaired) electrons. The molecule has 1 heterocycles. The normalized spacial score (nSPS) is 21.8. The molecule has 1 fully saturated rings. The molecule has 0 unspecified atom stereocenters. The summed E-state index contributed by atoms with van der Waals surface area (Å²) in [7, 11) is -4.48. The number of ether oxygens (including phenoxy) is 1. The molecule has 0 atom stereocenters. The van der Waals surface area contributed by atoms with Crippen molar-refractivity contribution >= 4 is 10.0 Å². The zero-order valence-electron chi connectivity index (χ0n) is 7.16. The van der Waals surface area contributed by atoms with Crippen molar-refractivity contribution in [2.45, 2.75) is 12.2 Å². The van der Waals surface area contributed by atoms with Crippen LogP contribution in [0.4, 0.5) is 8.78 Å². The van der Waals surface area contributed by atoms with Crippen LogP contribution in [0.25, 0.3) is 0 Å². The number of alkyl halides is 2. The first-order valence-corrected chi connectivity index (χ1v) is 5.25. The van der Waals surface area contributed by atoms with E-state index in [2.05, 4.69) is 0 Å². The molecular weight excluding hydrogens is 204 g/mol. The van der Waals surface area contributed by atoms with Gasteiger partial charge < -0.3 is 4.74 Å². The number of hydrogen-bond donors (Lipinski definition) is 0. The zero-order valence-corrected chi connectivity index (χ0v) is 7.98. The van der Waals surface area contributed by atoms with Crippen LogP contribution in [0.1, 0.15) is 6.92 Å². The van der Waals surface area contributed by atoms with E-state index >= 15 is 0 Å². The van der Waals surface area contributed by atoms with E-state index in [1.165, 1.54) is 0 Å². The molecule has 0 spiro atoms. The fourth-order valence-corrected chi connectivity index (χ4v) is 2.10. The van der Waals surface area contributed by atoms with E-state index in [0.717, 1.165) is 4.31 Å². The Morgan fingerprint density at radius 3 is 2.15 bits per heavy atom. The van der Waals surface area contributed by atoms with Gasteiger partial charge in [0.25, 0.3) is 10.0 Å². The number of nitrogens with zero attached hydrogens (tertiary/aromatic N) is 1. The van der Waals surface area contributed by atoms with Gasteiger partial charge in [-0.3, -0.25) is 0 Å². The maximum atomic E-state index is 12.6. The average molecular weight is 215 g/mol. The molecule has 1 aliphatic rings. The summed E-state index contributed by atoms with van der Waals surface area (Å²) in [4.78, 5) is 0. The molecule has 1 saturated heterocycles. The Kier molecular flexibility index (Phi) is 2.88. The molecule has 0 N–H and O–H groups in total. The van der Waals surface area contributed by atoms with Gasteiger partial charge in [0.2, 0.25) is 0 Å². The van der Waals surface area contributed by atoms with Gasteiger partial charge in [-0.1, -0.05) is 0 Å². The van der Waals surface area contributed by atoms with Gasteiger partial charge in [0, 0.05) is 20.0 Å². The lowest BCUT2D eigenvalue weighted by molar-refractivity contribution is 0.0578. The highest BCUT2D eigenvalue weighted by atomic mass is 32.2. The average Bonchev–Trinajstić information content (AvgIpc) is 2.04. The molecule has 1 rings (SSSR count). The first-order valence-electron chi connectivity index (χ1n) is 3.81. The third-order valence-electron chi connectivity index (χ3n) is 1.76. The lowest BCUT2D eigenvalue weighted by atomic mass is 10.5. The van der Waals surface area contributed by atoms with E-state index in [1.54, 1.807) is 0 Å². The van der Waals surface area contributed by atoms with Crippen molar-refractivity contribution < 1.29 is 21.9 Å². The highest BCUT2D eigenvalue weighted by Gasteiger charge is 2.44. The SMILES string of the molecule is CC(F)(F)S(=O)(=O)N1CCOCC1. The second-order valence-corrected chi connectivity index (χ2v) is 5.01. The van der Waals surface area contributed by atoms with Gasteiger partial charge in [0.15, 0.2) is 0 Å². The van der Waals surface area contributed by atoms with E-state index in [-0.39, 0.29) is 26.3 Å². The smallest absolute Gasteiger partial charge is 0.356 e. The second-order valence-electron chi connectivity index (χ2n) is 2.82. The largest absolute Gasteiger partial charge is 0.379 e. The molecule has 0 aromatic carbocycles. The summed E-state index contributed by atoms with van der Waals surface area (Å²) < 4.78 is 53.1. The molecule has 13 heavy (non-hydrogen) atoms. The molecule has 0 amide bonds. The van der Waals surface area contributed by atoms with Crippen LogP contribution in [0.15, 0.2) is 0 Å². The predicted octanol–water partition coefficient (Wildman–Crippen LogP) is 0.261. The van der Waals surface area contributed by atoms with E-state index in [4.69, 9.17) is 4.74 Å². The fraction of sp³-hybridized carbons (Fsp3) is 1.00. The van der Waals surface area contributed by atoms with Crippen molar-refractivity contribution in [3.05, 3.63) is 0 Å². The van der Waals surface area contributed by atoms with Crippen LogP contribution in [0, 0.1) is 0 Å². The first-order chi connectivity index (χ1) is 5.86. The van der Waals surface area contributed by atoms with Crippen molar-refractivity contribution in [2.24, 2.45) is 0 Å². The highest BCUT2D eigenvalue weighted by molar-refractivity contribution is 7.90. The molecule has 0 aliphatic carbocycles. The van der Waals surface area contributed by atoms with Crippen molar-refractivity contribution in [2.75, 3.05) is 26.3 Å². The quantitative estimate of drug-likeness (QED) is 0.664. The highest BCUT2D eigenvalue weighted by Crippen LogP contribution is 2.24. The lowest BCUT2D eigenvalue weighted by Gasteiger charge is -2.28. The second kappa shape index (κ2) is 3.47. The maximum absolute atomic E-state index is 12.6. The topological polar surface area (TPSA) is 46.6 Å². The van der Waals surface area contributed by atoms with Crippen LogP contribution in [-0.4, -0.2) is 44.3 Å². The van der Waals surface area contributed by atoms with Crippen LogP contribution >= 0.6 is 0 Å². The van der Waals surface area contributed by atoms with Gasteiger partial charge in [0.1, 0.15) is 0 Å². The van der Waals surface area contributed by atoms with Crippen LogP contribution < -0.4 is 0 Å². The Labute approximate surface area is 75.5 Å². The number of sulfonamides is 1. The van der Waals surface area contributed by atoms with Crippen LogP contribution in [0.2, 0.25) is 0 Å². The number of halogens is 2. The van der Waals surface area contributed by atoms with Gasteiger partial charge in [-0.15, -0.1) is 0 Å². The van der Waals surface area contributed by atoms with Gasteiger partial charge in [-0.25, -0.2) is 8.42 Å². The first kappa shape index (κ1) is 10.8. The molecule has 0 aromatic rings. The number of rotatable bonds is 2. The molecule has 1 aliphatic heterocycles. The summed E-state index contributed by atoms with van der Waals surface area (Å²) in [6, 6.07) is 0. The Balaban J connectivity index is 2.80. The van der Waals surface area contributed by atoms with Gasteiger partial charge in [0.05, 0.1) is 13.2 Å². The van der Waals surface area contributed by atoms with Crippen LogP contribution in [0.3, 0.4) is 0 Å².